The van der Waals surface area contributed by atoms with Crippen molar-refractivity contribution >= 4 is 11.9 Å². The fourth-order valence-corrected chi connectivity index (χ4v) is 1.08. The van der Waals surface area contributed by atoms with Gasteiger partial charge in [0.25, 0.3) is 0 Å². The minimum absolute atomic E-state index is 0.546. The van der Waals surface area contributed by atoms with Crippen LogP contribution in [-0.4, -0.2) is 19.8 Å². The van der Waals surface area contributed by atoms with E-state index in [4.69, 9.17) is 0 Å². The van der Waals surface area contributed by atoms with Crippen LogP contribution in [-0.2, 0) is 0 Å². The number of hydrogen-bond donors (Lipinski definition) is 0. The molecule has 0 fully saturated rings. The third-order valence-corrected chi connectivity index (χ3v) is 2.10. The summed E-state index contributed by atoms with van der Waals surface area (Å²) < 4.78 is 0. The van der Waals surface area contributed by atoms with Crippen LogP contribution >= 0.6 is 0 Å². The monoisotopic (exact) mass is 189 g/mol. The molecule has 0 heterocycles. The number of aliphatic imine (C=N–C) groups is 1. The number of benzene rings is 1. The summed E-state index contributed by atoms with van der Waals surface area (Å²) in [5, 5.41) is 8.15. The van der Waals surface area contributed by atoms with Gasteiger partial charge in [-0.05, 0) is 31.0 Å². The van der Waals surface area contributed by atoms with Gasteiger partial charge in [-0.25, -0.2) is 0 Å². The highest BCUT2D eigenvalue weighted by molar-refractivity contribution is 5.59. The van der Waals surface area contributed by atoms with E-state index in [-0.39, 0.29) is 0 Å². The Labute approximate surface area is 84.6 Å². The average molecular weight is 189 g/mol. The third kappa shape index (κ3) is 2.76. The molecule has 0 unspecified atom stereocenters. The second-order valence-corrected chi connectivity index (χ2v) is 3.08. The number of aryl methyl sites for hydroxylation is 1. The van der Waals surface area contributed by atoms with Crippen LogP contribution in [0.25, 0.3) is 0 Å². The van der Waals surface area contributed by atoms with Crippen LogP contribution in [0.5, 0.6) is 0 Å². The first-order valence-electron chi connectivity index (χ1n) is 4.60. The third-order valence-electron chi connectivity index (χ3n) is 2.10. The molecular weight excluding hydrogens is 174 g/mol. The van der Waals surface area contributed by atoms with Crippen molar-refractivity contribution < 1.29 is 0 Å². The van der Waals surface area contributed by atoms with Crippen molar-refractivity contribution in [3.63, 3.8) is 0 Å². The van der Waals surface area contributed by atoms with E-state index in [2.05, 4.69) is 35.1 Å². The minimum atomic E-state index is 0.546. The Hall–Kier alpha value is -1.51. The van der Waals surface area contributed by atoms with E-state index in [0.717, 1.165) is 5.69 Å². The predicted molar refractivity (Wildman–Crippen MR) is 59.7 cm³/mol. The first kappa shape index (κ1) is 10.6. The van der Waals surface area contributed by atoms with Crippen molar-refractivity contribution in [2.75, 3.05) is 13.6 Å². The lowest BCUT2D eigenvalue weighted by Crippen LogP contribution is -1.81. The molecule has 1 aromatic carbocycles. The SMILES string of the molecule is CN=CCN=Nc1cccc(C)c1C. The second kappa shape index (κ2) is 5.27. The summed E-state index contributed by atoms with van der Waals surface area (Å²) >= 11 is 0. The molecule has 0 atom stereocenters. The smallest absolute Gasteiger partial charge is 0.0951 e. The maximum Gasteiger partial charge on any atom is 0.0951 e. The fraction of sp³-hybridized carbons (Fsp3) is 0.364. The van der Waals surface area contributed by atoms with E-state index in [1.54, 1.807) is 13.3 Å². The van der Waals surface area contributed by atoms with Gasteiger partial charge in [0, 0.05) is 13.3 Å². The Morgan fingerprint density at radius 1 is 1.29 bits per heavy atom. The maximum absolute atomic E-state index is 4.14. The summed E-state index contributed by atoms with van der Waals surface area (Å²) in [4.78, 5) is 3.83. The molecule has 0 amide bonds. The molecule has 0 saturated heterocycles. The molecule has 0 aliphatic heterocycles. The molecule has 3 nitrogen and oxygen atoms in total. The number of hydrogen-bond acceptors (Lipinski definition) is 3. The fourth-order valence-electron chi connectivity index (χ4n) is 1.08. The van der Waals surface area contributed by atoms with Crippen molar-refractivity contribution in [1.82, 2.24) is 0 Å². The van der Waals surface area contributed by atoms with Crippen molar-refractivity contribution in [3.8, 4) is 0 Å². The number of nitrogens with zero attached hydrogens (tertiary/aromatic N) is 3. The highest BCUT2D eigenvalue weighted by atomic mass is 15.1. The van der Waals surface area contributed by atoms with E-state index >= 15 is 0 Å². The molecule has 0 spiro atoms. The number of azo groups is 1. The standard InChI is InChI=1S/C11H15N3/c1-9-5-4-6-11(10(9)2)14-13-8-7-12-3/h4-7H,8H2,1-3H3. The summed E-state index contributed by atoms with van der Waals surface area (Å²) in [6.45, 7) is 4.67. The second-order valence-electron chi connectivity index (χ2n) is 3.08. The average Bonchev–Trinajstić information content (AvgIpc) is 2.19. The Kier molecular flexibility index (Phi) is 3.98. The molecule has 74 valence electrons. The summed E-state index contributed by atoms with van der Waals surface area (Å²) in [6, 6.07) is 6.03. The molecule has 0 N–H and O–H groups in total. The summed E-state index contributed by atoms with van der Waals surface area (Å²) in [6.07, 6.45) is 1.73. The van der Waals surface area contributed by atoms with Crippen molar-refractivity contribution in [2.45, 2.75) is 13.8 Å². The van der Waals surface area contributed by atoms with Crippen LogP contribution < -0.4 is 0 Å². The first-order chi connectivity index (χ1) is 6.75. The summed E-state index contributed by atoms with van der Waals surface area (Å²) in [5.74, 6) is 0. The molecule has 0 aliphatic carbocycles. The van der Waals surface area contributed by atoms with Gasteiger partial charge < -0.3 is 0 Å². The van der Waals surface area contributed by atoms with Gasteiger partial charge in [-0.2, -0.15) is 10.2 Å². The molecule has 0 bridgehead atoms. The largest absolute Gasteiger partial charge is 0.299 e. The van der Waals surface area contributed by atoms with Gasteiger partial charge in [0.2, 0.25) is 0 Å². The zero-order valence-electron chi connectivity index (χ0n) is 8.86. The van der Waals surface area contributed by atoms with Crippen molar-refractivity contribution in [2.24, 2.45) is 15.2 Å². The molecule has 3 heteroatoms. The highest BCUT2D eigenvalue weighted by Crippen LogP contribution is 2.21. The van der Waals surface area contributed by atoms with Crippen LogP contribution in [0.1, 0.15) is 11.1 Å². The van der Waals surface area contributed by atoms with Crippen LogP contribution in [0.3, 0.4) is 0 Å². The summed E-state index contributed by atoms with van der Waals surface area (Å²) in [7, 11) is 1.73. The molecule has 0 radical (unpaired) electrons. The van der Waals surface area contributed by atoms with Gasteiger partial charge in [-0.15, -0.1) is 0 Å². The van der Waals surface area contributed by atoms with Gasteiger partial charge in [-0.3, -0.25) is 4.99 Å². The lowest BCUT2D eigenvalue weighted by atomic mass is 10.1. The molecule has 14 heavy (non-hydrogen) atoms. The van der Waals surface area contributed by atoms with Crippen molar-refractivity contribution in [3.05, 3.63) is 29.3 Å². The van der Waals surface area contributed by atoms with Crippen LogP contribution in [0.2, 0.25) is 0 Å². The molecule has 1 aromatic rings. The Morgan fingerprint density at radius 3 is 2.79 bits per heavy atom. The molecule has 1 rings (SSSR count). The zero-order valence-corrected chi connectivity index (χ0v) is 8.86. The van der Waals surface area contributed by atoms with Gasteiger partial charge in [0.05, 0.1) is 12.2 Å². The lowest BCUT2D eigenvalue weighted by Gasteiger charge is -2.01. The predicted octanol–water partition coefficient (Wildman–Crippen LogP) is 3.09. The van der Waals surface area contributed by atoms with Gasteiger partial charge in [-0.1, -0.05) is 12.1 Å². The molecule has 0 aliphatic rings. The first-order valence-corrected chi connectivity index (χ1v) is 4.60. The quantitative estimate of drug-likeness (QED) is 0.517. The van der Waals surface area contributed by atoms with Gasteiger partial charge >= 0.3 is 0 Å². The molecule has 0 aromatic heterocycles. The molecular formula is C11H15N3. The maximum atomic E-state index is 4.14. The van der Waals surface area contributed by atoms with Crippen LogP contribution in [0, 0.1) is 13.8 Å². The summed E-state index contributed by atoms with van der Waals surface area (Å²) in [5.41, 5.74) is 3.37. The highest BCUT2D eigenvalue weighted by Gasteiger charge is 1.97. The van der Waals surface area contributed by atoms with E-state index < -0.39 is 0 Å². The normalized spacial score (nSPS) is 11.6. The Morgan fingerprint density at radius 2 is 2.07 bits per heavy atom. The topological polar surface area (TPSA) is 37.1 Å². The molecule has 0 saturated carbocycles. The van der Waals surface area contributed by atoms with Gasteiger partial charge in [0.15, 0.2) is 0 Å². The van der Waals surface area contributed by atoms with Crippen LogP contribution in [0.15, 0.2) is 33.4 Å². The Balaban J connectivity index is 2.76. The lowest BCUT2D eigenvalue weighted by molar-refractivity contribution is 1.09. The van der Waals surface area contributed by atoms with E-state index in [1.807, 2.05) is 12.1 Å². The van der Waals surface area contributed by atoms with Gasteiger partial charge in [0.1, 0.15) is 0 Å². The van der Waals surface area contributed by atoms with E-state index in [0.29, 0.717) is 6.54 Å². The van der Waals surface area contributed by atoms with Crippen molar-refractivity contribution in [1.29, 1.82) is 0 Å². The minimum Gasteiger partial charge on any atom is -0.299 e. The van der Waals surface area contributed by atoms with E-state index in [1.165, 1.54) is 11.1 Å². The van der Waals surface area contributed by atoms with Crippen LogP contribution in [0.4, 0.5) is 5.69 Å². The zero-order chi connectivity index (χ0) is 10.4. The van der Waals surface area contributed by atoms with E-state index in [9.17, 15) is 0 Å². The Bertz CT molecular complexity index is 354. The number of rotatable bonds is 3.